The topological polar surface area (TPSA) is 72.5 Å². The molecule has 20 heavy (non-hydrogen) atoms. The number of rotatable bonds is 7. The molecule has 112 valence electrons. The summed E-state index contributed by atoms with van der Waals surface area (Å²) in [6.07, 6.45) is 0. The van der Waals surface area contributed by atoms with Crippen LogP contribution in [-0.4, -0.2) is 39.8 Å². The van der Waals surface area contributed by atoms with Gasteiger partial charge in [-0.05, 0) is 19.4 Å². The normalized spacial score (nSPS) is 12.9. The molecule has 0 fully saturated rings. The third kappa shape index (κ3) is 4.94. The maximum Gasteiger partial charge on any atom is 0.238 e. The van der Waals surface area contributed by atoms with Crippen molar-refractivity contribution in [2.24, 2.45) is 0 Å². The summed E-state index contributed by atoms with van der Waals surface area (Å²) in [5, 5.41) is 1.47. The zero-order valence-corrected chi connectivity index (χ0v) is 12.9. The first-order valence-electron chi connectivity index (χ1n) is 6.40. The van der Waals surface area contributed by atoms with Crippen LogP contribution in [0.15, 0.2) is 24.3 Å². The zero-order valence-electron chi connectivity index (χ0n) is 12.0. The Morgan fingerprint density at radius 1 is 1.30 bits per heavy atom. The van der Waals surface area contributed by atoms with E-state index in [1.807, 2.05) is 19.1 Å². The number of hydrogen-bond acceptors (Lipinski definition) is 4. The Balaban J connectivity index is 2.67. The first-order chi connectivity index (χ1) is 9.36. The molecule has 1 rings (SSSR count). The van der Waals surface area contributed by atoms with E-state index in [-0.39, 0.29) is 5.75 Å². The number of nitrogens with one attached hydrogen (secondary N) is 1. The van der Waals surface area contributed by atoms with Gasteiger partial charge in [-0.2, -0.15) is 0 Å². The van der Waals surface area contributed by atoms with Crippen molar-refractivity contribution in [3.05, 3.63) is 35.4 Å². The highest BCUT2D eigenvalue weighted by molar-refractivity contribution is 7.92. The fraction of sp³-hybridized carbons (Fsp3) is 0.500. The molecular formula is C14H21NO4S. The molecule has 1 atom stereocenters. The van der Waals surface area contributed by atoms with E-state index < -0.39 is 21.0 Å². The largest absolute Gasteiger partial charge is 0.383 e. The summed E-state index contributed by atoms with van der Waals surface area (Å²) < 4.78 is 29.1. The number of amides is 1. The lowest BCUT2D eigenvalue weighted by molar-refractivity contribution is -0.120. The molecular weight excluding hydrogens is 278 g/mol. The summed E-state index contributed by atoms with van der Waals surface area (Å²) in [5.74, 6) is -0.624. The first-order valence-corrected chi connectivity index (χ1v) is 8.12. The van der Waals surface area contributed by atoms with Gasteiger partial charge in [0.2, 0.25) is 5.91 Å². The van der Waals surface area contributed by atoms with Gasteiger partial charge in [-0.3, -0.25) is 4.79 Å². The Kier molecular flexibility index (Phi) is 6.16. The highest BCUT2D eigenvalue weighted by atomic mass is 32.2. The van der Waals surface area contributed by atoms with E-state index in [1.165, 1.54) is 14.0 Å². The quantitative estimate of drug-likeness (QED) is 0.764. The minimum atomic E-state index is -3.52. The summed E-state index contributed by atoms with van der Waals surface area (Å²) >= 11 is 0. The maximum atomic E-state index is 12.2. The SMILES string of the molecule is COCCNC(=O)C(C)S(=O)(=O)Cc1ccc(C)cc1. The van der Waals surface area contributed by atoms with E-state index in [9.17, 15) is 13.2 Å². The van der Waals surface area contributed by atoms with Gasteiger partial charge in [0.25, 0.3) is 0 Å². The van der Waals surface area contributed by atoms with E-state index in [0.29, 0.717) is 18.7 Å². The molecule has 0 bridgehead atoms. The number of hydrogen-bond donors (Lipinski definition) is 1. The Morgan fingerprint density at radius 3 is 2.45 bits per heavy atom. The standard InChI is InChI=1S/C14H21NO4S/c1-11-4-6-13(7-5-11)10-20(17,18)12(2)14(16)15-8-9-19-3/h4-7,12H,8-10H2,1-3H3,(H,15,16). The van der Waals surface area contributed by atoms with Crippen molar-refractivity contribution in [3.63, 3.8) is 0 Å². The van der Waals surface area contributed by atoms with Gasteiger partial charge < -0.3 is 10.1 Å². The van der Waals surface area contributed by atoms with Gasteiger partial charge >= 0.3 is 0 Å². The van der Waals surface area contributed by atoms with Crippen molar-refractivity contribution in [2.45, 2.75) is 24.9 Å². The van der Waals surface area contributed by atoms with Crippen LogP contribution in [0, 0.1) is 6.92 Å². The van der Waals surface area contributed by atoms with Crippen LogP contribution in [0.25, 0.3) is 0 Å². The lowest BCUT2D eigenvalue weighted by Gasteiger charge is -2.13. The predicted molar refractivity (Wildman–Crippen MR) is 78.2 cm³/mol. The summed E-state index contributed by atoms with van der Waals surface area (Å²) in [6, 6.07) is 7.24. The molecule has 1 unspecified atom stereocenters. The van der Waals surface area contributed by atoms with Crippen molar-refractivity contribution in [1.82, 2.24) is 5.32 Å². The molecule has 0 aliphatic rings. The highest BCUT2D eigenvalue weighted by Gasteiger charge is 2.27. The highest BCUT2D eigenvalue weighted by Crippen LogP contribution is 2.12. The van der Waals surface area contributed by atoms with E-state index in [1.54, 1.807) is 12.1 Å². The minimum Gasteiger partial charge on any atom is -0.383 e. The predicted octanol–water partition coefficient (Wildman–Crippen LogP) is 1.06. The number of benzene rings is 1. The molecule has 0 saturated carbocycles. The number of carbonyl (C=O) groups excluding carboxylic acids is 1. The second kappa shape index (κ2) is 7.40. The van der Waals surface area contributed by atoms with Crippen LogP contribution in [-0.2, 0) is 25.1 Å². The minimum absolute atomic E-state index is 0.133. The van der Waals surface area contributed by atoms with Crippen molar-refractivity contribution < 1.29 is 17.9 Å². The van der Waals surface area contributed by atoms with Gasteiger partial charge in [0.15, 0.2) is 9.84 Å². The van der Waals surface area contributed by atoms with E-state index in [0.717, 1.165) is 5.56 Å². The fourth-order valence-corrected chi connectivity index (χ4v) is 2.94. The average molecular weight is 299 g/mol. The molecule has 1 N–H and O–H groups in total. The number of methoxy groups -OCH3 is 1. The monoisotopic (exact) mass is 299 g/mol. The molecule has 5 nitrogen and oxygen atoms in total. The molecule has 0 aliphatic heterocycles. The van der Waals surface area contributed by atoms with Gasteiger partial charge in [-0.1, -0.05) is 29.8 Å². The summed E-state index contributed by atoms with van der Waals surface area (Å²) in [4.78, 5) is 11.8. The molecule has 1 aromatic rings. The van der Waals surface area contributed by atoms with Crippen LogP contribution in [0.2, 0.25) is 0 Å². The molecule has 0 aliphatic carbocycles. The lowest BCUT2D eigenvalue weighted by Crippen LogP contribution is -2.39. The van der Waals surface area contributed by atoms with Crippen LogP contribution in [0.5, 0.6) is 0 Å². The summed E-state index contributed by atoms with van der Waals surface area (Å²) in [7, 11) is -2.00. The van der Waals surface area contributed by atoms with Gasteiger partial charge in [0.05, 0.1) is 12.4 Å². The van der Waals surface area contributed by atoms with E-state index >= 15 is 0 Å². The molecule has 0 saturated heterocycles. The van der Waals surface area contributed by atoms with Gasteiger partial charge in [-0.25, -0.2) is 8.42 Å². The van der Waals surface area contributed by atoms with Crippen LogP contribution in [0.3, 0.4) is 0 Å². The second-order valence-corrected chi connectivity index (χ2v) is 7.04. The Morgan fingerprint density at radius 2 is 1.90 bits per heavy atom. The zero-order chi connectivity index (χ0) is 15.2. The Labute approximate surface area is 120 Å². The fourth-order valence-electron chi connectivity index (χ4n) is 1.62. The van der Waals surface area contributed by atoms with Crippen molar-refractivity contribution >= 4 is 15.7 Å². The van der Waals surface area contributed by atoms with Crippen LogP contribution >= 0.6 is 0 Å². The smallest absolute Gasteiger partial charge is 0.238 e. The molecule has 1 aromatic carbocycles. The molecule has 0 radical (unpaired) electrons. The van der Waals surface area contributed by atoms with Crippen LogP contribution in [0.4, 0.5) is 0 Å². The lowest BCUT2D eigenvalue weighted by atomic mass is 10.2. The third-order valence-corrected chi connectivity index (χ3v) is 5.03. The average Bonchev–Trinajstić information content (AvgIpc) is 2.40. The van der Waals surface area contributed by atoms with Gasteiger partial charge in [-0.15, -0.1) is 0 Å². The van der Waals surface area contributed by atoms with Crippen molar-refractivity contribution in [2.75, 3.05) is 20.3 Å². The molecule has 6 heteroatoms. The molecule has 0 spiro atoms. The van der Waals surface area contributed by atoms with Crippen LogP contribution in [0.1, 0.15) is 18.1 Å². The second-order valence-electron chi connectivity index (χ2n) is 4.72. The Bertz CT molecular complexity index is 537. The van der Waals surface area contributed by atoms with Crippen LogP contribution < -0.4 is 5.32 Å². The van der Waals surface area contributed by atoms with Gasteiger partial charge in [0.1, 0.15) is 5.25 Å². The number of ether oxygens (including phenoxy) is 1. The number of carbonyl (C=O) groups is 1. The van der Waals surface area contributed by atoms with E-state index in [4.69, 9.17) is 4.74 Å². The van der Waals surface area contributed by atoms with Gasteiger partial charge in [0, 0.05) is 13.7 Å². The van der Waals surface area contributed by atoms with Crippen molar-refractivity contribution in [3.8, 4) is 0 Å². The maximum absolute atomic E-state index is 12.2. The first kappa shape index (κ1) is 16.7. The van der Waals surface area contributed by atoms with E-state index in [2.05, 4.69) is 5.32 Å². The van der Waals surface area contributed by atoms with Crippen molar-refractivity contribution in [1.29, 1.82) is 0 Å². The number of sulfone groups is 1. The molecule has 0 heterocycles. The molecule has 0 aromatic heterocycles. The third-order valence-electron chi connectivity index (χ3n) is 3.00. The summed E-state index contributed by atoms with van der Waals surface area (Å²) in [6.45, 7) is 4.01. The summed E-state index contributed by atoms with van der Waals surface area (Å²) in [5.41, 5.74) is 1.75. The Hall–Kier alpha value is -1.40. The number of aryl methyl sites for hydroxylation is 1. The molecule has 1 amide bonds.